The highest BCUT2D eigenvalue weighted by Gasteiger charge is 2.19. The fourth-order valence-electron chi connectivity index (χ4n) is 3.12. The third-order valence-corrected chi connectivity index (χ3v) is 5.04. The van der Waals surface area contributed by atoms with Crippen molar-refractivity contribution in [1.29, 1.82) is 0 Å². The maximum atomic E-state index is 13.6. The number of pyridine rings is 1. The Morgan fingerprint density at radius 2 is 1.96 bits per heavy atom. The molecule has 4 rings (SSSR count). The van der Waals surface area contributed by atoms with E-state index in [1.54, 1.807) is 12.3 Å². The van der Waals surface area contributed by atoms with Crippen LogP contribution < -0.4 is 5.32 Å². The number of allylic oxidation sites excluding steroid dienone is 3. The number of fused-ring (bicyclic) bond motifs is 1. The van der Waals surface area contributed by atoms with Crippen LogP contribution >= 0.6 is 23.2 Å². The first kappa shape index (κ1) is 17.1. The lowest BCUT2D eigenvalue weighted by Crippen LogP contribution is -2.28. The number of hydrogen-bond donors (Lipinski definition) is 1. The molecule has 2 nitrogen and oxygen atoms in total. The van der Waals surface area contributed by atoms with E-state index in [0.717, 1.165) is 33.3 Å². The predicted octanol–water partition coefficient (Wildman–Crippen LogP) is 5.71. The molecule has 0 radical (unpaired) electrons. The summed E-state index contributed by atoms with van der Waals surface area (Å²) in [6, 6.07) is 14.8. The number of rotatable bonds is 3. The monoisotopic (exact) mass is 384 g/mol. The van der Waals surface area contributed by atoms with Crippen molar-refractivity contribution >= 4 is 39.7 Å². The summed E-state index contributed by atoms with van der Waals surface area (Å²) < 4.78 is 13.6. The van der Waals surface area contributed by atoms with Gasteiger partial charge in [-0.1, -0.05) is 53.5 Å². The Labute approximate surface area is 161 Å². The van der Waals surface area contributed by atoms with E-state index in [4.69, 9.17) is 23.2 Å². The number of alkyl halides is 1. The molecule has 0 saturated carbocycles. The fraction of sp³-hybridized carbons (Fsp3) is 0.0952. The Hall–Kier alpha value is -2.36. The van der Waals surface area contributed by atoms with Gasteiger partial charge in [0, 0.05) is 23.7 Å². The minimum Gasteiger partial charge on any atom is -0.369 e. The molecule has 0 amide bonds. The lowest BCUT2D eigenvalue weighted by molar-refractivity contribution is 0.626. The average Bonchev–Trinajstić information content (AvgIpc) is 2.65. The summed E-state index contributed by atoms with van der Waals surface area (Å²) >= 11 is 12.3. The van der Waals surface area contributed by atoms with Gasteiger partial charge in [-0.2, -0.15) is 0 Å². The first-order chi connectivity index (χ1) is 12.6. The lowest BCUT2D eigenvalue weighted by Gasteiger charge is -2.24. The highest BCUT2D eigenvalue weighted by molar-refractivity contribution is 6.30. The molecule has 0 spiro atoms. The second-order valence-corrected chi connectivity index (χ2v) is 6.97. The van der Waals surface area contributed by atoms with Gasteiger partial charge in [-0.25, -0.2) is 4.39 Å². The molecule has 0 aliphatic carbocycles. The lowest BCUT2D eigenvalue weighted by atomic mass is 9.97. The van der Waals surface area contributed by atoms with Gasteiger partial charge in [0.05, 0.1) is 10.5 Å². The van der Waals surface area contributed by atoms with E-state index in [1.807, 2.05) is 48.6 Å². The smallest absolute Gasteiger partial charge is 0.142 e. The SMILES string of the molecule is Fc1cc(CC2=CC=C(c3cccc4ncccc34)C(Cl)N2)ccc1Cl. The minimum atomic E-state index is -0.414. The Bertz CT molecular complexity index is 1040. The molecule has 5 heteroatoms. The molecule has 1 aliphatic heterocycles. The van der Waals surface area contributed by atoms with Crippen molar-refractivity contribution in [3.8, 4) is 0 Å². The van der Waals surface area contributed by atoms with Gasteiger partial charge in [-0.3, -0.25) is 4.98 Å². The average molecular weight is 385 g/mol. The van der Waals surface area contributed by atoms with Crippen LogP contribution in [0.4, 0.5) is 4.39 Å². The number of nitrogens with zero attached hydrogens (tertiary/aromatic N) is 1. The van der Waals surface area contributed by atoms with Gasteiger partial charge in [0.1, 0.15) is 11.3 Å². The van der Waals surface area contributed by atoms with E-state index >= 15 is 0 Å². The van der Waals surface area contributed by atoms with Gasteiger partial charge < -0.3 is 5.32 Å². The molecule has 0 saturated heterocycles. The van der Waals surface area contributed by atoms with Crippen LogP contribution in [-0.2, 0) is 6.42 Å². The molecule has 26 heavy (non-hydrogen) atoms. The Morgan fingerprint density at radius 3 is 2.77 bits per heavy atom. The van der Waals surface area contributed by atoms with Gasteiger partial charge in [0.2, 0.25) is 0 Å². The van der Waals surface area contributed by atoms with Crippen molar-refractivity contribution in [1.82, 2.24) is 10.3 Å². The Morgan fingerprint density at radius 1 is 1.08 bits per heavy atom. The van der Waals surface area contributed by atoms with E-state index in [0.29, 0.717) is 6.42 Å². The number of nitrogens with one attached hydrogen (secondary N) is 1. The number of aromatic nitrogens is 1. The zero-order valence-electron chi connectivity index (χ0n) is 13.7. The molecule has 2 aromatic carbocycles. The summed E-state index contributed by atoms with van der Waals surface area (Å²) in [4.78, 5) is 4.40. The normalized spacial score (nSPS) is 16.8. The summed E-state index contributed by atoms with van der Waals surface area (Å²) in [5.41, 5.74) is 4.35. The molecule has 3 aromatic rings. The molecule has 0 bridgehead atoms. The van der Waals surface area contributed by atoms with Crippen molar-refractivity contribution in [2.24, 2.45) is 0 Å². The molecule has 1 atom stereocenters. The molecule has 0 fully saturated rings. The van der Waals surface area contributed by atoms with Crippen LogP contribution in [0.15, 0.2) is 72.6 Å². The van der Waals surface area contributed by atoms with E-state index in [2.05, 4.69) is 10.3 Å². The maximum absolute atomic E-state index is 13.6. The molecule has 1 aromatic heterocycles. The first-order valence-corrected chi connectivity index (χ1v) is 9.02. The molecule has 130 valence electrons. The summed E-state index contributed by atoms with van der Waals surface area (Å²) in [6.07, 6.45) is 6.33. The van der Waals surface area contributed by atoms with Crippen LogP contribution in [0, 0.1) is 5.82 Å². The second-order valence-electron chi connectivity index (χ2n) is 6.12. The molecule has 1 aliphatic rings. The van der Waals surface area contributed by atoms with Gasteiger partial charge in [-0.15, -0.1) is 0 Å². The van der Waals surface area contributed by atoms with E-state index in [9.17, 15) is 4.39 Å². The van der Waals surface area contributed by atoms with Crippen LogP contribution in [0.5, 0.6) is 0 Å². The van der Waals surface area contributed by atoms with E-state index in [1.165, 1.54) is 6.07 Å². The summed E-state index contributed by atoms with van der Waals surface area (Å²) in [7, 11) is 0. The third-order valence-electron chi connectivity index (χ3n) is 4.38. The van der Waals surface area contributed by atoms with Crippen molar-refractivity contribution < 1.29 is 4.39 Å². The number of halogens is 3. The number of hydrogen-bond acceptors (Lipinski definition) is 2. The standard InChI is InChI=1S/C21H15Cl2FN2/c22-18-9-6-13(12-19(18)24)11-14-7-8-17(21(23)26-14)15-3-1-5-20-16(15)4-2-10-25-20/h1-10,12,21,26H,11H2. The third kappa shape index (κ3) is 3.33. The molecule has 1 unspecified atom stereocenters. The topological polar surface area (TPSA) is 24.9 Å². The van der Waals surface area contributed by atoms with Crippen molar-refractivity contribution in [2.45, 2.75) is 11.9 Å². The number of dihydropyridines is 1. The van der Waals surface area contributed by atoms with Crippen LogP contribution in [0.1, 0.15) is 11.1 Å². The van der Waals surface area contributed by atoms with Crippen LogP contribution in [0.3, 0.4) is 0 Å². The molecule has 1 N–H and O–H groups in total. The van der Waals surface area contributed by atoms with Gasteiger partial charge in [-0.05, 0) is 47.0 Å². The van der Waals surface area contributed by atoms with Gasteiger partial charge in [0.25, 0.3) is 0 Å². The quantitative estimate of drug-likeness (QED) is 0.462. The molecular weight excluding hydrogens is 370 g/mol. The minimum absolute atomic E-state index is 0.126. The van der Waals surface area contributed by atoms with Crippen LogP contribution in [0.2, 0.25) is 5.02 Å². The summed E-state index contributed by atoms with van der Waals surface area (Å²) in [5, 5.41) is 4.48. The second kappa shape index (κ2) is 7.10. The zero-order valence-corrected chi connectivity index (χ0v) is 15.2. The number of benzene rings is 2. The predicted molar refractivity (Wildman–Crippen MR) is 106 cm³/mol. The molecule has 2 heterocycles. The highest BCUT2D eigenvalue weighted by Crippen LogP contribution is 2.31. The van der Waals surface area contributed by atoms with Gasteiger partial charge >= 0.3 is 0 Å². The largest absolute Gasteiger partial charge is 0.369 e. The first-order valence-electron chi connectivity index (χ1n) is 8.21. The summed E-state index contributed by atoms with van der Waals surface area (Å²) in [6.45, 7) is 0. The van der Waals surface area contributed by atoms with Crippen molar-refractivity contribution in [3.63, 3.8) is 0 Å². The highest BCUT2D eigenvalue weighted by atomic mass is 35.5. The maximum Gasteiger partial charge on any atom is 0.142 e. The van der Waals surface area contributed by atoms with Crippen LogP contribution in [-0.4, -0.2) is 10.5 Å². The Kier molecular flexibility index (Phi) is 4.66. The summed E-state index contributed by atoms with van der Waals surface area (Å²) in [5.74, 6) is -0.414. The van der Waals surface area contributed by atoms with E-state index in [-0.39, 0.29) is 10.5 Å². The van der Waals surface area contributed by atoms with Gasteiger partial charge in [0.15, 0.2) is 0 Å². The zero-order chi connectivity index (χ0) is 18.1. The van der Waals surface area contributed by atoms with Crippen molar-refractivity contribution in [3.05, 3.63) is 94.5 Å². The fourth-order valence-corrected chi connectivity index (χ4v) is 3.57. The van der Waals surface area contributed by atoms with Crippen molar-refractivity contribution in [2.75, 3.05) is 0 Å². The molecular formula is C21H15Cl2FN2. The Balaban J connectivity index is 1.66. The van der Waals surface area contributed by atoms with Crippen LogP contribution in [0.25, 0.3) is 16.5 Å². The van der Waals surface area contributed by atoms with E-state index < -0.39 is 5.82 Å².